The molecular weight excluding hydrogens is 374 g/mol. The third kappa shape index (κ3) is 3.70. The van der Waals surface area contributed by atoms with E-state index in [0.29, 0.717) is 25.7 Å². The summed E-state index contributed by atoms with van der Waals surface area (Å²) in [6.45, 7) is 5.51. The van der Waals surface area contributed by atoms with Crippen LogP contribution in [0.3, 0.4) is 0 Å². The van der Waals surface area contributed by atoms with E-state index < -0.39 is 43.7 Å². The first kappa shape index (κ1) is 20.1. The van der Waals surface area contributed by atoms with Crippen molar-refractivity contribution in [1.29, 1.82) is 5.41 Å². The predicted octanol–water partition coefficient (Wildman–Crippen LogP) is 1.96. The third-order valence-corrected chi connectivity index (χ3v) is 6.85. The number of carbonyl (C=O) groups excluding carboxylic acids is 2. The molecule has 2 aliphatic heterocycles. The van der Waals surface area contributed by atoms with Gasteiger partial charge >= 0.3 is 17.2 Å². The van der Waals surface area contributed by atoms with Crippen molar-refractivity contribution in [2.45, 2.75) is 76.6 Å². The molecule has 9 heteroatoms. The van der Waals surface area contributed by atoms with E-state index in [1.54, 1.807) is 13.8 Å². The monoisotopic (exact) mass is 401 g/mol. The molecule has 4 atom stereocenters. The molecule has 0 radical (unpaired) electrons. The molecule has 27 heavy (non-hydrogen) atoms. The zero-order valence-corrected chi connectivity index (χ0v) is 17.0. The van der Waals surface area contributed by atoms with E-state index in [-0.39, 0.29) is 24.8 Å². The molecule has 2 heterocycles. The van der Waals surface area contributed by atoms with Gasteiger partial charge in [-0.25, -0.2) is 8.42 Å². The summed E-state index contributed by atoms with van der Waals surface area (Å²) in [4.78, 5) is 25.1. The highest BCUT2D eigenvalue weighted by Gasteiger charge is 2.63. The van der Waals surface area contributed by atoms with Crippen molar-refractivity contribution in [3.05, 3.63) is 0 Å². The Kier molecular flexibility index (Phi) is 4.61. The van der Waals surface area contributed by atoms with Crippen LogP contribution in [0.2, 0.25) is 0 Å². The molecule has 152 valence electrons. The summed E-state index contributed by atoms with van der Waals surface area (Å²) < 4.78 is 40.5. The average molecular weight is 401 g/mol. The van der Waals surface area contributed by atoms with Crippen LogP contribution in [0.25, 0.3) is 0 Å². The zero-order chi connectivity index (χ0) is 20.3. The normalized spacial score (nSPS) is 35.3. The van der Waals surface area contributed by atoms with Crippen LogP contribution in [-0.2, 0) is 33.6 Å². The van der Waals surface area contributed by atoms with Gasteiger partial charge in [0.1, 0.15) is 17.3 Å². The second-order valence-corrected chi connectivity index (χ2v) is 10.8. The Morgan fingerprint density at radius 3 is 2.30 bits per heavy atom. The summed E-state index contributed by atoms with van der Waals surface area (Å²) in [6.07, 6.45) is 2.51. The lowest BCUT2D eigenvalue weighted by Crippen LogP contribution is -2.58. The molecule has 0 aromatic carbocycles. The fourth-order valence-corrected chi connectivity index (χ4v) is 4.74. The van der Waals surface area contributed by atoms with Gasteiger partial charge in [-0.1, -0.05) is 6.92 Å². The quantitative estimate of drug-likeness (QED) is 0.434. The Morgan fingerprint density at radius 2 is 1.78 bits per heavy atom. The molecule has 2 aliphatic carbocycles. The highest BCUT2D eigenvalue weighted by molar-refractivity contribution is 8.05. The summed E-state index contributed by atoms with van der Waals surface area (Å²) in [6, 6.07) is 0. The lowest BCUT2D eigenvalue weighted by molar-refractivity contribution is -0.200. The van der Waals surface area contributed by atoms with Gasteiger partial charge in [-0.05, 0) is 20.3 Å². The second kappa shape index (κ2) is 6.18. The van der Waals surface area contributed by atoms with Gasteiger partial charge in [0.05, 0.1) is 11.3 Å². The summed E-state index contributed by atoms with van der Waals surface area (Å²) in [5.41, 5.74) is -2.68. The number of carbonyl (C=O) groups is 2. The van der Waals surface area contributed by atoms with E-state index in [2.05, 4.69) is 0 Å². The van der Waals surface area contributed by atoms with Crippen LogP contribution in [-0.4, -0.2) is 49.1 Å². The van der Waals surface area contributed by atoms with Gasteiger partial charge in [0, 0.05) is 38.4 Å². The fourth-order valence-electron chi connectivity index (χ4n) is 4.42. The number of hydrogen-bond donors (Lipinski definition) is 1. The maximum Gasteiger partial charge on any atom is 0.312 e. The maximum atomic E-state index is 12.7. The van der Waals surface area contributed by atoms with Gasteiger partial charge < -0.3 is 14.2 Å². The number of hydrogen-bond acceptors (Lipinski definition) is 8. The highest BCUT2D eigenvalue weighted by Crippen LogP contribution is 2.55. The first-order valence-corrected chi connectivity index (χ1v) is 11.1. The van der Waals surface area contributed by atoms with Crippen LogP contribution in [0, 0.1) is 16.7 Å². The van der Waals surface area contributed by atoms with E-state index in [1.807, 2.05) is 6.92 Å². The molecule has 4 bridgehead atoms. The molecule has 8 nitrogen and oxygen atoms in total. The van der Waals surface area contributed by atoms with Gasteiger partial charge in [0.25, 0.3) is 0 Å². The second-order valence-electron chi connectivity index (χ2n) is 8.90. The SMILES string of the molecule is CCC(C)(C)C(=O)OC12CC3CC(OC(=N)S(C)(=O)=O)(CC(C1)C(=O)O3)C2. The van der Waals surface area contributed by atoms with Crippen molar-refractivity contribution in [3.63, 3.8) is 0 Å². The largest absolute Gasteiger partial charge is 0.463 e. The number of rotatable bonds is 4. The van der Waals surface area contributed by atoms with Gasteiger partial charge in [-0.3, -0.25) is 15.0 Å². The lowest BCUT2D eigenvalue weighted by atomic mass is 9.62. The summed E-state index contributed by atoms with van der Waals surface area (Å²) >= 11 is 0. The first-order valence-electron chi connectivity index (χ1n) is 9.21. The van der Waals surface area contributed by atoms with Crippen LogP contribution in [0.15, 0.2) is 0 Å². The van der Waals surface area contributed by atoms with E-state index in [1.165, 1.54) is 0 Å². The van der Waals surface area contributed by atoms with Gasteiger partial charge in [0.15, 0.2) is 0 Å². The number of nitrogens with one attached hydrogen (secondary N) is 1. The predicted molar refractivity (Wildman–Crippen MR) is 95.7 cm³/mol. The van der Waals surface area contributed by atoms with E-state index in [9.17, 15) is 18.0 Å². The minimum absolute atomic E-state index is 0.257. The molecule has 0 aromatic heterocycles. The smallest absolute Gasteiger partial charge is 0.312 e. The Morgan fingerprint density at radius 1 is 1.22 bits per heavy atom. The average Bonchev–Trinajstić information content (AvgIpc) is 2.66. The van der Waals surface area contributed by atoms with Crippen LogP contribution in [0.4, 0.5) is 0 Å². The Hall–Kier alpha value is -1.64. The number of ether oxygens (including phenoxy) is 3. The molecule has 0 spiro atoms. The first-order chi connectivity index (χ1) is 12.3. The van der Waals surface area contributed by atoms with Crippen molar-refractivity contribution >= 4 is 27.0 Å². The molecule has 1 N–H and O–H groups in total. The molecule has 4 rings (SSSR count). The van der Waals surface area contributed by atoms with Gasteiger partial charge in [-0.2, -0.15) is 0 Å². The Bertz CT molecular complexity index is 790. The molecule has 2 saturated heterocycles. The molecule has 4 unspecified atom stereocenters. The summed E-state index contributed by atoms with van der Waals surface area (Å²) in [5.74, 6) is -1.27. The molecule has 0 aromatic rings. The summed E-state index contributed by atoms with van der Waals surface area (Å²) in [7, 11) is -3.81. The van der Waals surface area contributed by atoms with Crippen molar-refractivity contribution in [1.82, 2.24) is 0 Å². The molecule has 2 saturated carbocycles. The topological polar surface area (TPSA) is 120 Å². The van der Waals surface area contributed by atoms with Gasteiger partial charge in [0.2, 0.25) is 9.84 Å². The highest BCUT2D eigenvalue weighted by atomic mass is 32.2. The fraction of sp³-hybridized carbons (Fsp3) is 0.833. The van der Waals surface area contributed by atoms with Crippen LogP contribution >= 0.6 is 0 Å². The van der Waals surface area contributed by atoms with Crippen molar-refractivity contribution in [3.8, 4) is 0 Å². The molecule has 0 amide bonds. The lowest BCUT2D eigenvalue weighted by Gasteiger charge is -2.52. The van der Waals surface area contributed by atoms with Crippen LogP contribution in [0.5, 0.6) is 0 Å². The van der Waals surface area contributed by atoms with E-state index >= 15 is 0 Å². The number of fused-ring (bicyclic) bond motifs is 1. The van der Waals surface area contributed by atoms with Crippen molar-refractivity contribution in [2.24, 2.45) is 11.3 Å². The van der Waals surface area contributed by atoms with E-state index in [0.717, 1.165) is 6.26 Å². The summed E-state index contributed by atoms with van der Waals surface area (Å²) in [5, 5.41) is 6.96. The molecule has 4 fully saturated rings. The Labute approximate surface area is 159 Å². The van der Waals surface area contributed by atoms with Crippen LogP contribution < -0.4 is 0 Å². The van der Waals surface area contributed by atoms with Crippen LogP contribution in [0.1, 0.15) is 59.3 Å². The van der Waals surface area contributed by atoms with Crippen molar-refractivity contribution < 1.29 is 32.2 Å². The number of sulfone groups is 1. The molecule has 4 aliphatic rings. The van der Waals surface area contributed by atoms with Crippen molar-refractivity contribution in [2.75, 3.05) is 6.26 Å². The Balaban J connectivity index is 1.94. The van der Waals surface area contributed by atoms with E-state index in [4.69, 9.17) is 19.6 Å². The van der Waals surface area contributed by atoms with Gasteiger partial charge in [-0.15, -0.1) is 0 Å². The minimum atomic E-state index is -3.81. The zero-order valence-electron chi connectivity index (χ0n) is 16.2. The third-order valence-electron chi connectivity index (χ3n) is 6.09. The maximum absolute atomic E-state index is 12.7. The molecular formula is C18H27NO7S. The standard InChI is InChI=1S/C18H27NO7S/c1-5-16(2,3)14(21)25-17-6-11-7-18(10-17,26-15(19)27(4,22)23)9-12(8-17)24-13(11)20/h11-12,19H,5-10H2,1-4H3. The number of esters is 2. The minimum Gasteiger partial charge on any atom is -0.463 e.